The van der Waals surface area contributed by atoms with Crippen molar-refractivity contribution < 1.29 is 14.3 Å². The highest BCUT2D eigenvalue weighted by atomic mass is 35.5. The van der Waals surface area contributed by atoms with Gasteiger partial charge in [-0.1, -0.05) is 11.6 Å². The Bertz CT molecular complexity index is 819. The predicted octanol–water partition coefficient (Wildman–Crippen LogP) is 3.78. The molecule has 28 heavy (non-hydrogen) atoms. The van der Waals surface area contributed by atoms with Crippen LogP contribution in [0.25, 0.3) is 0 Å². The molecule has 0 saturated carbocycles. The molecular formula is C20H25ClN4O3. The van der Waals surface area contributed by atoms with Gasteiger partial charge in [0.15, 0.2) is 0 Å². The van der Waals surface area contributed by atoms with Crippen molar-refractivity contribution in [3.05, 3.63) is 41.2 Å². The summed E-state index contributed by atoms with van der Waals surface area (Å²) in [6.45, 7) is 9.44. The highest BCUT2D eigenvalue weighted by Crippen LogP contribution is 2.24. The Balaban J connectivity index is 1.65. The molecule has 0 spiro atoms. The first-order chi connectivity index (χ1) is 13.3. The minimum Gasteiger partial charge on any atom is -0.474 e. The molecule has 7 nitrogen and oxygen atoms in total. The lowest BCUT2D eigenvalue weighted by Gasteiger charge is -2.36. The zero-order chi connectivity index (χ0) is 20.3. The molecule has 0 aliphatic carbocycles. The molecule has 1 aliphatic rings. The number of carbonyl (C=O) groups is 1. The number of anilines is 2. The van der Waals surface area contributed by atoms with Crippen LogP contribution >= 0.6 is 11.6 Å². The fourth-order valence-electron chi connectivity index (χ4n) is 3.07. The van der Waals surface area contributed by atoms with Crippen LogP contribution in [-0.4, -0.2) is 47.3 Å². The van der Waals surface area contributed by atoms with Gasteiger partial charge < -0.3 is 19.7 Å². The summed E-state index contributed by atoms with van der Waals surface area (Å²) >= 11 is 6.16. The average molecular weight is 405 g/mol. The van der Waals surface area contributed by atoms with E-state index in [4.69, 9.17) is 21.1 Å². The van der Waals surface area contributed by atoms with Gasteiger partial charge in [0.1, 0.15) is 10.8 Å². The first-order valence-electron chi connectivity index (χ1n) is 9.32. The van der Waals surface area contributed by atoms with Crippen LogP contribution in [-0.2, 0) is 4.74 Å². The second-order valence-electron chi connectivity index (χ2n) is 7.20. The monoisotopic (exact) mass is 404 g/mol. The van der Waals surface area contributed by atoms with Crippen molar-refractivity contribution in [1.29, 1.82) is 0 Å². The van der Waals surface area contributed by atoms with E-state index in [0.29, 0.717) is 22.2 Å². The number of halogens is 1. The predicted molar refractivity (Wildman–Crippen MR) is 109 cm³/mol. The summed E-state index contributed by atoms with van der Waals surface area (Å²) in [6, 6.07) is 5.27. The number of hydrogen-bond acceptors (Lipinski definition) is 6. The molecule has 2 aromatic rings. The Morgan fingerprint density at radius 2 is 1.96 bits per heavy atom. The summed E-state index contributed by atoms with van der Waals surface area (Å²) < 4.78 is 11.2. The standard InChI is InChI=1S/C20H25ClN4O3/c1-12(2)27-20-17(21)7-15(8-23-20)19(26)24-16-5-6-18(22-9-16)25-10-13(3)28-14(4)11-25/h5-9,12-14H,10-11H2,1-4H3,(H,24,26). The van der Waals surface area contributed by atoms with E-state index in [2.05, 4.69) is 20.2 Å². The molecule has 2 unspecified atom stereocenters. The fourth-order valence-corrected chi connectivity index (χ4v) is 3.29. The van der Waals surface area contributed by atoms with Crippen molar-refractivity contribution in [2.45, 2.75) is 46.0 Å². The summed E-state index contributed by atoms with van der Waals surface area (Å²) in [5.41, 5.74) is 0.947. The summed E-state index contributed by atoms with van der Waals surface area (Å²) in [6.07, 6.45) is 3.35. The molecule has 1 aliphatic heterocycles. The van der Waals surface area contributed by atoms with Gasteiger partial charge in [-0.3, -0.25) is 4.79 Å². The van der Waals surface area contributed by atoms with E-state index >= 15 is 0 Å². The van der Waals surface area contributed by atoms with Gasteiger partial charge in [0, 0.05) is 19.3 Å². The third kappa shape index (κ3) is 5.11. The van der Waals surface area contributed by atoms with Gasteiger partial charge >= 0.3 is 0 Å². The number of carbonyl (C=O) groups excluding carboxylic acids is 1. The van der Waals surface area contributed by atoms with Crippen LogP contribution in [0.5, 0.6) is 5.88 Å². The van der Waals surface area contributed by atoms with Crippen molar-refractivity contribution >= 4 is 29.0 Å². The third-order valence-corrected chi connectivity index (χ3v) is 4.44. The second-order valence-corrected chi connectivity index (χ2v) is 7.61. The number of aromatic nitrogens is 2. The zero-order valence-electron chi connectivity index (χ0n) is 16.5. The van der Waals surface area contributed by atoms with Crippen molar-refractivity contribution in [2.75, 3.05) is 23.3 Å². The molecule has 0 radical (unpaired) electrons. The molecule has 8 heteroatoms. The quantitative estimate of drug-likeness (QED) is 0.817. The topological polar surface area (TPSA) is 76.6 Å². The van der Waals surface area contributed by atoms with Gasteiger partial charge in [-0.25, -0.2) is 9.97 Å². The Morgan fingerprint density at radius 1 is 1.25 bits per heavy atom. The first-order valence-corrected chi connectivity index (χ1v) is 9.69. The summed E-state index contributed by atoms with van der Waals surface area (Å²) in [5.74, 6) is 0.863. The van der Waals surface area contributed by atoms with Gasteiger partial charge in [0.05, 0.1) is 35.8 Å². The molecule has 150 valence electrons. The van der Waals surface area contributed by atoms with E-state index in [1.165, 1.54) is 6.20 Å². The molecule has 1 N–H and O–H groups in total. The SMILES string of the molecule is CC(C)Oc1ncc(C(=O)Nc2ccc(N3CC(C)OC(C)C3)nc2)cc1Cl. The van der Waals surface area contributed by atoms with E-state index in [1.807, 2.05) is 39.8 Å². The van der Waals surface area contributed by atoms with Crippen LogP contribution in [0.4, 0.5) is 11.5 Å². The average Bonchev–Trinajstić information content (AvgIpc) is 2.63. The van der Waals surface area contributed by atoms with Gasteiger partial charge in [0.25, 0.3) is 5.91 Å². The Labute approximate surface area is 170 Å². The minimum atomic E-state index is -0.311. The van der Waals surface area contributed by atoms with Crippen molar-refractivity contribution in [2.24, 2.45) is 0 Å². The number of nitrogens with zero attached hydrogens (tertiary/aromatic N) is 3. The van der Waals surface area contributed by atoms with Crippen LogP contribution in [0.1, 0.15) is 38.1 Å². The molecule has 0 bridgehead atoms. The van der Waals surface area contributed by atoms with E-state index in [1.54, 1.807) is 12.3 Å². The Kier molecular flexibility index (Phi) is 6.36. The van der Waals surface area contributed by atoms with Gasteiger partial charge in [0.2, 0.25) is 5.88 Å². The highest BCUT2D eigenvalue weighted by Gasteiger charge is 2.23. The number of pyridine rings is 2. The van der Waals surface area contributed by atoms with Gasteiger partial charge in [-0.15, -0.1) is 0 Å². The van der Waals surface area contributed by atoms with Gasteiger partial charge in [-0.05, 0) is 45.9 Å². The number of ether oxygens (including phenoxy) is 2. The smallest absolute Gasteiger partial charge is 0.257 e. The number of hydrogen-bond donors (Lipinski definition) is 1. The maximum Gasteiger partial charge on any atom is 0.257 e. The maximum atomic E-state index is 12.5. The molecule has 1 fully saturated rings. The lowest BCUT2D eigenvalue weighted by molar-refractivity contribution is -0.00545. The molecule has 3 heterocycles. The van der Waals surface area contributed by atoms with E-state index < -0.39 is 0 Å². The molecule has 1 saturated heterocycles. The lowest BCUT2D eigenvalue weighted by Crippen LogP contribution is -2.45. The largest absolute Gasteiger partial charge is 0.474 e. The fraction of sp³-hybridized carbons (Fsp3) is 0.450. The van der Waals surface area contributed by atoms with Crippen LogP contribution < -0.4 is 15.0 Å². The number of morpholine rings is 1. The maximum absolute atomic E-state index is 12.5. The molecule has 1 amide bonds. The van der Waals surface area contributed by atoms with Gasteiger partial charge in [-0.2, -0.15) is 0 Å². The van der Waals surface area contributed by atoms with Crippen molar-refractivity contribution in [3.8, 4) is 5.88 Å². The summed E-state index contributed by atoms with van der Waals surface area (Å²) in [7, 11) is 0. The minimum absolute atomic E-state index is 0.0493. The highest BCUT2D eigenvalue weighted by molar-refractivity contribution is 6.32. The molecule has 3 rings (SSSR count). The number of nitrogens with one attached hydrogen (secondary N) is 1. The Morgan fingerprint density at radius 3 is 2.54 bits per heavy atom. The second kappa shape index (κ2) is 8.75. The first kappa shape index (κ1) is 20.4. The zero-order valence-corrected chi connectivity index (χ0v) is 17.2. The lowest BCUT2D eigenvalue weighted by atomic mass is 10.2. The van der Waals surface area contributed by atoms with Crippen molar-refractivity contribution in [3.63, 3.8) is 0 Å². The van der Waals surface area contributed by atoms with Crippen LogP contribution in [0.2, 0.25) is 5.02 Å². The van der Waals surface area contributed by atoms with E-state index in [9.17, 15) is 4.79 Å². The van der Waals surface area contributed by atoms with Crippen LogP contribution in [0.15, 0.2) is 30.6 Å². The van der Waals surface area contributed by atoms with Crippen LogP contribution in [0, 0.1) is 0 Å². The van der Waals surface area contributed by atoms with Crippen molar-refractivity contribution in [1.82, 2.24) is 9.97 Å². The molecule has 2 atom stereocenters. The molecular weight excluding hydrogens is 380 g/mol. The van der Waals surface area contributed by atoms with E-state index in [0.717, 1.165) is 18.9 Å². The summed E-state index contributed by atoms with van der Waals surface area (Å²) in [5, 5.41) is 3.11. The molecule has 2 aromatic heterocycles. The number of rotatable bonds is 5. The van der Waals surface area contributed by atoms with E-state index in [-0.39, 0.29) is 24.2 Å². The summed E-state index contributed by atoms with van der Waals surface area (Å²) in [4.78, 5) is 23.2. The normalized spacial score (nSPS) is 19.6. The Hall–Kier alpha value is -2.38. The van der Waals surface area contributed by atoms with Crippen LogP contribution in [0.3, 0.4) is 0 Å². The third-order valence-electron chi connectivity index (χ3n) is 4.17. The molecule has 0 aromatic carbocycles. The number of amides is 1.